The van der Waals surface area contributed by atoms with Gasteiger partial charge in [0.05, 0.1) is 23.4 Å². The third-order valence-corrected chi connectivity index (χ3v) is 6.94. The Morgan fingerprint density at radius 2 is 1.97 bits per heavy atom. The maximum atomic E-state index is 13.2. The van der Waals surface area contributed by atoms with E-state index in [4.69, 9.17) is 5.73 Å². The number of nitrogens with two attached hydrogens (primary N) is 1. The highest BCUT2D eigenvalue weighted by molar-refractivity contribution is 7.17. The van der Waals surface area contributed by atoms with E-state index in [9.17, 15) is 9.59 Å². The molecule has 7 heteroatoms. The summed E-state index contributed by atoms with van der Waals surface area (Å²) in [5.41, 5.74) is 10.3. The SMILES string of the molecule is Cc1nn(Cc2ccccc2)c(C)c1C(=O)Nc1sc2c(c1C(N)=O)CC[C@@H](C)C2. The van der Waals surface area contributed by atoms with E-state index in [1.54, 1.807) is 0 Å². The van der Waals surface area contributed by atoms with Crippen molar-refractivity contribution >= 4 is 28.2 Å². The topological polar surface area (TPSA) is 90.0 Å². The molecule has 0 bridgehead atoms. The second kappa shape index (κ2) is 8.07. The van der Waals surface area contributed by atoms with Gasteiger partial charge in [-0.15, -0.1) is 11.3 Å². The number of aryl methyl sites for hydroxylation is 1. The van der Waals surface area contributed by atoms with Crippen molar-refractivity contribution in [2.24, 2.45) is 11.7 Å². The first kappa shape index (κ1) is 20.3. The number of hydrogen-bond donors (Lipinski definition) is 2. The molecule has 0 saturated heterocycles. The molecule has 30 heavy (non-hydrogen) atoms. The molecule has 1 aliphatic rings. The molecule has 0 saturated carbocycles. The molecule has 156 valence electrons. The maximum absolute atomic E-state index is 13.2. The van der Waals surface area contributed by atoms with Crippen molar-refractivity contribution in [3.63, 3.8) is 0 Å². The van der Waals surface area contributed by atoms with Gasteiger partial charge >= 0.3 is 0 Å². The molecule has 2 heterocycles. The minimum atomic E-state index is -0.481. The zero-order valence-electron chi connectivity index (χ0n) is 17.5. The highest BCUT2D eigenvalue weighted by atomic mass is 32.1. The van der Waals surface area contributed by atoms with E-state index in [0.29, 0.717) is 34.3 Å². The summed E-state index contributed by atoms with van der Waals surface area (Å²) in [4.78, 5) is 26.5. The molecule has 0 fully saturated rings. The number of anilines is 1. The summed E-state index contributed by atoms with van der Waals surface area (Å²) in [6.45, 7) is 6.53. The molecule has 0 aliphatic heterocycles. The highest BCUT2D eigenvalue weighted by Crippen LogP contribution is 2.39. The first-order valence-corrected chi connectivity index (χ1v) is 11.0. The number of carbonyl (C=O) groups excluding carboxylic acids is 2. The second-order valence-electron chi connectivity index (χ2n) is 8.06. The van der Waals surface area contributed by atoms with Crippen LogP contribution in [0.15, 0.2) is 30.3 Å². The summed E-state index contributed by atoms with van der Waals surface area (Å²) in [5, 5.41) is 8.09. The number of thiophene rings is 1. The molecule has 0 spiro atoms. The number of aromatic nitrogens is 2. The molecule has 0 unspecified atom stereocenters. The van der Waals surface area contributed by atoms with Gasteiger partial charge in [-0.3, -0.25) is 14.3 Å². The van der Waals surface area contributed by atoms with Crippen LogP contribution in [0.4, 0.5) is 5.00 Å². The monoisotopic (exact) mass is 422 g/mol. The minimum absolute atomic E-state index is 0.251. The zero-order valence-corrected chi connectivity index (χ0v) is 18.3. The first-order valence-electron chi connectivity index (χ1n) is 10.2. The van der Waals surface area contributed by atoms with E-state index >= 15 is 0 Å². The predicted octanol–water partition coefficient (Wildman–Crippen LogP) is 4.09. The molecule has 3 N–H and O–H groups in total. The quantitative estimate of drug-likeness (QED) is 0.649. The lowest BCUT2D eigenvalue weighted by Crippen LogP contribution is -2.20. The van der Waals surface area contributed by atoms with Crippen LogP contribution >= 0.6 is 11.3 Å². The summed E-state index contributed by atoms with van der Waals surface area (Å²) in [5.74, 6) is -0.162. The van der Waals surface area contributed by atoms with E-state index < -0.39 is 5.91 Å². The number of nitrogens with one attached hydrogen (secondary N) is 1. The van der Waals surface area contributed by atoms with Crippen molar-refractivity contribution in [2.75, 3.05) is 5.32 Å². The molecule has 1 atom stereocenters. The Bertz CT molecular complexity index is 1110. The van der Waals surface area contributed by atoms with Crippen molar-refractivity contribution in [3.8, 4) is 0 Å². The summed E-state index contributed by atoms with van der Waals surface area (Å²) >= 11 is 1.48. The van der Waals surface area contributed by atoms with Gasteiger partial charge in [-0.1, -0.05) is 37.3 Å². The molecular weight excluding hydrogens is 396 g/mol. The highest BCUT2D eigenvalue weighted by Gasteiger charge is 2.28. The lowest BCUT2D eigenvalue weighted by atomic mass is 9.88. The smallest absolute Gasteiger partial charge is 0.260 e. The minimum Gasteiger partial charge on any atom is -0.365 e. The van der Waals surface area contributed by atoms with E-state index in [0.717, 1.165) is 41.0 Å². The molecule has 1 aromatic carbocycles. The normalized spacial score (nSPS) is 15.6. The van der Waals surface area contributed by atoms with Gasteiger partial charge in [-0.25, -0.2) is 0 Å². The molecule has 2 amide bonds. The number of fused-ring (bicyclic) bond motifs is 1. The fourth-order valence-electron chi connectivity index (χ4n) is 4.20. The van der Waals surface area contributed by atoms with Crippen LogP contribution in [0.3, 0.4) is 0 Å². The van der Waals surface area contributed by atoms with Crippen LogP contribution in [-0.2, 0) is 19.4 Å². The summed E-state index contributed by atoms with van der Waals surface area (Å²) in [6.07, 6.45) is 2.78. The van der Waals surface area contributed by atoms with Gasteiger partial charge in [0.1, 0.15) is 5.00 Å². The molecule has 3 aromatic rings. The zero-order chi connectivity index (χ0) is 21.4. The Kier molecular flexibility index (Phi) is 5.47. The average Bonchev–Trinajstić information content (AvgIpc) is 3.18. The number of rotatable bonds is 5. The van der Waals surface area contributed by atoms with Crippen LogP contribution in [-0.4, -0.2) is 21.6 Å². The third kappa shape index (κ3) is 3.77. The maximum Gasteiger partial charge on any atom is 0.260 e. The molecule has 2 aromatic heterocycles. The van der Waals surface area contributed by atoms with E-state index in [1.807, 2.05) is 48.9 Å². The summed E-state index contributed by atoms with van der Waals surface area (Å²) in [7, 11) is 0. The van der Waals surface area contributed by atoms with Crippen molar-refractivity contribution in [3.05, 3.63) is 68.9 Å². The lowest BCUT2D eigenvalue weighted by molar-refractivity contribution is 0.1000. The fraction of sp³-hybridized carbons (Fsp3) is 0.348. The Morgan fingerprint density at radius 1 is 1.23 bits per heavy atom. The van der Waals surface area contributed by atoms with E-state index in [2.05, 4.69) is 17.3 Å². The molecule has 0 radical (unpaired) electrons. The standard InChI is InChI=1S/C23H26N4O2S/c1-13-9-10-17-18(11-13)30-23(20(17)21(24)28)25-22(29)19-14(2)26-27(15(19)3)12-16-7-5-4-6-8-16/h4-8,13H,9-12H2,1-3H3,(H2,24,28)(H,25,29)/t13-/m1/s1. The van der Waals surface area contributed by atoms with Gasteiger partial charge in [0.15, 0.2) is 0 Å². The second-order valence-corrected chi connectivity index (χ2v) is 9.17. The van der Waals surface area contributed by atoms with Crippen molar-refractivity contribution in [1.29, 1.82) is 0 Å². The average molecular weight is 423 g/mol. The van der Waals surface area contributed by atoms with Crippen LogP contribution in [0.5, 0.6) is 0 Å². The lowest BCUT2D eigenvalue weighted by Gasteiger charge is -2.18. The molecule has 4 rings (SSSR count). The summed E-state index contributed by atoms with van der Waals surface area (Å²) < 4.78 is 1.84. The molecular formula is C23H26N4O2S. The van der Waals surface area contributed by atoms with Crippen molar-refractivity contribution in [1.82, 2.24) is 9.78 Å². The van der Waals surface area contributed by atoms with Gasteiger partial charge in [0, 0.05) is 10.6 Å². The number of benzene rings is 1. The Balaban J connectivity index is 1.63. The van der Waals surface area contributed by atoms with Crippen LogP contribution in [0, 0.1) is 19.8 Å². The van der Waals surface area contributed by atoms with Gasteiger partial charge < -0.3 is 11.1 Å². The molecule has 1 aliphatic carbocycles. The van der Waals surface area contributed by atoms with Crippen LogP contribution < -0.4 is 11.1 Å². The number of primary amides is 1. The number of hydrogen-bond acceptors (Lipinski definition) is 4. The van der Waals surface area contributed by atoms with E-state index in [-0.39, 0.29) is 5.91 Å². The van der Waals surface area contributed by atoms with Gasteiger partial charge in [0.25, 0.3) is 11.8 Å². The predicted molar refractivity (Wildman–Crippen MR) is 119 cm³/mol. The Hall–Kier alpha value is -2.93. The number of nitrogens with zero attached hydrogens (tertiary/aromatic N) is 2. The fourth-order valence-corrected chi connectivity index (χ4v) is 5.61. The first-order chi connectivity index (χ1) is 14.3. The van der Waals surface area contributed by atoms with E-state index in [1.165, 1.54) is 11.3 Å². The number of amides is 2. The largest absolute Gasteiger partial charge is 0.365 e. The third-order valence-electron chi connectivity index (χ3n) is 5.77. The Labute approximate surface area is 180 Å². The van der Waals surface area contributed by atoms with Crippen LogP contribution in [0.1, 0.15) is 61.5 Å². The van der Waals surface area contributed by atoms with Gasteiger partial charge in [-0.05, 0) is 50.2 Å². The summed E-state index contributed by atoms with van der Waals surface area (Å²) in [6, 6.07) is 10.0. The van der Waals surface area contributed by atoms with Gasteiger partial charge in [-0.2, -0.15) is 5.10 Å². The van der Waals surface area contributed by atoms with Crippen LogP contribution in [0.2, 0.25) is 0 Å². The van der Waals surface area contributed by atoms with Crippen molar-refractivity contribution in [2.45, 2.75) is 46.6 Å². The van der Waals surface area contributed by atoms with Crippen LogP contribution in [0.25, 0.3) is 0 Å². The molecule has 6 nitrogen and oxygen atoms in total. The van der Waals surface area contributed by atoms with Gasteiger partial charge in [0.2, 0.25) is 0 Å². The number of carbonyl (C=O) groups is 2. The van der Waals surface area contributed by atoms with Crippen molar-refractivity contribution < 1.29 is 9.59 Å². The Morgan fingerprint density at radius 3 is 2.67 bits per heavy atom.